The Hall–Kier alpha value is -0.240. The molecule has 19 heavy (non-hydrogen) atoms. The summed E-state index contributed by atoms with van der Waals surface area (Å²) in [6.45, 7) is 2.06. The first kappa shape index (κ1) is 13.7. The van der Waals surface area contributed by atoms with Crippen LogP contribution in [0.2, 0.25) is 0 Å². The number of rotatable bonds is 5. The quantitative estimate of drug-likeness (QED) is 0.766. The molecule has 0 aromatic heterocycles. The fourth-order valence-corrected chi connectivity index (χ4v) is 5.74. The van der Waals surface area contributed by atoms with Crippen LogP contribution in [0.4, 0.5) is 0 Å². The van der Waals surface area contributed by atoms with Gasteiger partial charge in [-0.05, 0) is 75.0 Å². The summed E-state index contributed by atoms with van der Waals surface area (Å²) in [7, 11) is 0. The van der Waals surface area contributed by atoms with Gasteiger partial charge in [0, 0.05) is 18.3 Å². The molecule has 4 aliphatic carbocycles. The Morgan fingerprint density at radius 3 is 2.21 bits per heavy atom. The third-order valence-electron chi connectivity index (χ3n) is 5.65. The fourth-order valence-electron chi connectivity index (χ4n) is 5.41. The number of carbonyl (C=O) groups is 1. The van der Waals surface area contributed by atoms with E-state index in [0.717, 1.165) is 30.6 Å². The van der Waals surface area contributed by atoms with Gasteiger partial charge in [0.15, 0.2) is 0 Å². The van der Waals surface area contributed by atoms with E-state index >= 15 is 0 Å². The van der Waals surface area contributed by atoms with Gasteiger partial charge in [-0.3, -0.25) is 4.79 Å². The maximum absolute atomic E-state index is 12.3. The molecule has 1 amide bonds. The van der Waals surface area contributed by atoms with Crippen molar-refractivity contribution in [3.05, 3.63) is 0 Å². The summed E-state index contributed by atoms with van der Waals surface area (Å²) >= 11 is 5.73. The van der Waals surface area contributed by atoms with Gasteiger partial charge in [0.1, 0.15) is 0 Å². The average molecular weight is 284 g/mol. The van der Waals surface area contributed by atoms with Crippen molar-refractivity contribution in [3.8, 4) is 0 Å². The number of carbonyl (C=O) groups excluding carboxylic acids is 1. The molecule has 1 atom stereocenters. The molecule has 4 rings (SSSR count). The summed E-state index contributed by atoms with van der Waals surface area (Å²) in [6.07, 6.45) is 9.93. The molecular formula is C16H26ClNO. The van der Waals surface area contributed by atoms with Crippen LogP contribution in [0, 0.1) is 23.2 Å². The maximum Gasteiger partial charge on any atom is 0.220 e. The standard InChI is InChI=1S/C16H26ClNO/c1-11(2-3-17)18-15(19)10-16-7-12-4-13(8-16)6-14(5-12)9-16/h11-14H,2-10H2,1H3,(H,18,19). The molecule has 0 radical (unpaired) electrons. The molecule has 4 aliphatic rings. The fraction of sp³-hybridized carbons (Fsp3) is 0.938. The monoisotopic (exact) mass is 283 g/mol. The first-order chi connectivity index (χ1) is 9.08. The van der Waals surface area contributed by atoms with Crippen LogP contribution in [-0.2, 0) is 4.79 Å². The summed E-state index contributed by atoms with van der Waals surface area (Å²) in [5.74, 6) is 3.68. The van der Waals surface area contributed by atoms with Crippen molar-refractivity contribution in [2.75, 3.05) is 5.88 Å². The third-order valence-corrected chi connectivity index (χ3v) is 5.87. The summed E-state index contributed by atoms with van der Waals surface area (Å²) in [5, 5.41) is 3.13. The van der Waals surface area contributed by atoms with E-state index in [9.17, 15) is 4.79 Å². The van der Waals surface area contributed by atoms with Crippen LogP contribution in [0.3, 0.4) is 0 Å². The number of hydrogen-bond donors (Lipinski definition) is 1. The maximum atomic E-state index is 12.3. The molecule has 0 saturated heterocycles. The van der Waals surface area contributed by atoms with Crippen molar-refractivity contribution in [1.82, 2.24) is 5.32 Å². The third kappa shape index (κ3) is 2.94. The van der Waals surface area contributed by atoms with E-state index in [2.05, 4.69) is 12.2 Å². The van der Waals surface area contributed by atoms with Crippen LogP contribution >= 0.6 is 11.6 Å². The molecule has 0 aromatic rings. The average Bonchev–Trinajstić information content (AvgIpc) is 2.25. The second-order valence-corrected chi connectivity index (χ2v) is 7.92. The second-order valence-electron chi connectivity index (χ2n) is 7.54. The highest BCUT2D eigenvalue weighted by atomic mass is 35.5. The van der Waals surface area contributed by atoms with Gasteiger partial charge in [-0.15, -0.1) is 11.6 Å². The predicted octanol–water partition coefficient (Wildman–Crippen LogP) is 3.73. The van der Waals surface area contributed by atoms with Crippen molar-refractivity contribution in [2.24, 2.45) is 23.2 Å². The van der Waals surface area contributed by atoms with Gasteiger partial charge in [0.25, 0.3) is 0 Å². The highest BCUT2D eigenvalue weighted by Crippen LogP contribution is 2.61. The molecule has 108 valence electrons. The predicted molar refractivity (Wildman–Crippen MR) is 78.2 cm³/mol. The first-order valence-electron chi connectivity index (χ1n) is 7.94. The van der Waals surface area contributed by atoms with Gasteiger partial charge in [-0.2, -0.15) is 0 Å². The lowest BCUT2D eigenvalue weighted by atomic mass is 9.49. The lowest BCUT2D eigenvalue weighted by Crippen LogP contribution is -2.48. The molecule has 1 N–H and O–H groups in total. The molecule has 4 fully saturated rings. The zero-order valence-electron chi connectivity index (χ0n) is 12.0. The van der Waals surface area contributed by atoms with Crippen LogP contribution in [0.1, 0.15) is 58.3 Å². The summed E-state index contributed by atoms with van der Waals surface area (Å²) in [4.78, 5) is 12.3. The van der Waals surface area contributed by atoms with Crippen molar-refractivity contribution in [3.63, 3.8) is 0 Å². The van der Waals surface area contributed by atoms with Crippen LogP contribution < -0.4 is 5.32 Å². The molecule has 0 aromatic carbocycles. The SMILES string of the molecule is CC(CCCl)NC(=O)CC12CC3CC(CC(C3)C1)C2. The van der Waals surface area contributed by atoms with Gasteiger partial charge in [-0.1, -0.05) is 0 Å². The molecule has 1 unspecified atom stereocenters. The van der Waals surface area contributed by atoms with Crippen LogP contribution in [0.25, 0.3) is 0 Å². The minimum atomic E-state index is 0.221. The number of hydrogen-bond acceptors (Lipinski definition) is 1. The molecule has 3 heteroatoms. The number of amides is 1. The van der Waals surface area contributed by atoms with Gasteiger partial charge in [0.2, 0.25) is 5.91 Å². The van der Waals surface area contributed by atoms with Gasteiger partial charge in [-0.25, -0.2) is 0 Å². The second kappa shape index (κ2) is 5.27. The Labute approximate surface area is 121 Å². The van der Waals surface area contributed by atoms with Gasteiger partial charge < -0.3 is 5.32 Å². The lowest BCUT2D eigenvalue weighted by Gasteiger charge is -2.56. The smallest absolute Gasteiger partial charge is 0.220 e. The van der Waals surface area contributed by atoms with Crippen molar-refractivity contribution in [1.29, 1.82) is 0 Å². The molecule has 0 heterocycles. The van der Waals surface area contributed by atoms with E-state index in [1.165, 1.54) is 38.5 Å². The highest BCUT2D eigenvalue weighted by molar-refractivity contribution is 6.17. The Morgan fingerprint density at radius 2 is 1.74 bits per heavy atom. The first-order valence-corrected chi connectivity index (χ1v) is 8.47. The molecule has 0 aliphatic heterocycles. The topological polar surface area (TPSA) is 29.1 Å². The van der Waals surface area contributed by atoms with Crippen LogP contribution in [0.15, 0.2) is 0 Å². The molecule has 2 nitrogen and oxygen atoms in total. The summed E-state index contributed by atoms with van der Waals surface area (Å²) in [6, 6.07) is 0.221. The Morgan fingerprint density at radius 1 is 1.21 bits per heavy atom. The molecular weight excluding hydrogens is 258 g/mol. The lowest BCUT2D eigenvalue weighted by molar-refractivity contribution is -0.130. The van der Waals surface area contributed by atoms with Crippen molar-refractivity contribution in [2.45, 2.75) is 64.3 Å². The zero-order valence-corrected chi connectivity index (χ0v) is 12.7. The molecule has 0 spiro atoms. The van der Waals surface area contributed by atoms with E-state index in [4.69, 9.17) is 11.6 Å². The Kier molecular flexibility index (Phi) is 3.81. The van der Waals surface area contributed by atoms with Crippen LogP contribution in [0.5, 0.6) is 0 Å². The number of alkyl halides is 1. The minimum Gasteiger partial charge on any atom is -0.354 e. The number of nitrogens with one attached hydrogen (secondary N) is 1. The van der Waals surface area contributed by atoms with Crippen molar-refractivity contribution >= 4 is 17.5 Å². The summed E-state index contributed by atoms with van der Waals surface area (Å²) < 4.78 is 0. The molecule has 4 saturated carbocycles. The minimum absolute atomic E-state index is 0.221. The molecule has 4 bridgehead atoms. The van der Waals surface area contributed by atoms with E-state index in [1.807, 2.05) is 0 Å². The largest absolute Gasteiger partial charge is 0.354 e. The van der Waals surface area contributed by atoms with Crippen LogP contribution in [-0.4, -0.2) is 17.8 Å². The summed E-state index contributed by atoms with van der Waals surface area (Å²) in [5.41, 5.74) is 0.361. The normalized spacial score (nSPS) is 41.3. The van der Waals surface area contributed by atoms with Gasteiger partial charge in [0.05, 0.1) is 0 Å². The Bertz CT molecular complexity index is 319. The Balaban J connectivity index is 1.58. The van der Waals surface area contributed by atoms with E-state index in [1.54, 1.807) is 0 Å². The van der Waals surface area contributed by atoms with E-state index in [0.29, 0.717) is 11.3 Å². The van der Waals surface area contributed by atoms with Gasteiger partial charge >= 0.3 is 0 Å². The highest BCUT2D eigenvalue weighted by Gasteiger charge is 2.51. The van der Waals surface area contributed by atoms with Crippen molar-refractivity contribution < 1.29 is 4.79 Å². The number of halogens is 1. The zero-order chi connectivity index (χ0) is 13.5. The van der Waals surface area contributed by atoms with E-state index in [-0.39, 0.29) is 11.9 Å². The van der Waals surface area contributed by atoms with E-state index < -0.39 is 0 Å².